The molecule has 4 unspecified atom stereocenters. The molecule has 4 heterocycles. The standard InChI is InChI=1S/C40H88N16O4P5/c1-45(2)37(46(3)4)25-29-61(53(17)18)57-33(37)41-65(42-34-38(47(5)6,48(7)8)26-30-62(58-34)54(19)20,43-35-39(49(9)10,50(11)12)27-31-63(59-35)55(21)22)44-36-40(51(13)14,52(15)16)28-32-64(60-36)56(23)24/h25-32H2,1-24H3/q+1. The van der Waals surface area contributed by atoms with E-state index in [0.717, 1.165) is 50.3 Å². The zero-order valence-electron chi connectivity index (χ0n) is 44.7. The van der Waals surface area contributed by atoms with Crippen molar-refractivity contribution >= 4 is 64.7 Å². The molecule has 4 fully saturated rings. The summed E-state index contributed by atoms with van der Waals surface area (Å²) in [7, 11) is 41.8. The Balaban J connectivity index is 2.48. The first-order chi connectivity index (χ1) is 30.0. The maximum atomic E-state index is 7.31. The van der Waals surface area contributed by atoms with Gasteiger partial charge in [0.05, 0.1) is 0 Å². The lowest BCUT2D eigenvalue weighted by Gasteiger charge is -2.50. The fourth-order valence-corrected chi connectivity index (χ4v) is 17.9. The van der Waals surface area contributed by atoms with Crippen LogP contribution in [-0.4, -0.2) is 298 Å². The third-order valence-corrected chi connectivity index (χ3v) is 22.7. The molecule has 4 saturated heterocycles. The van der Waals surface area contributed by atoms with Crippen LogP contribution in [0.1, 0.15) is 25.7 Å². The van der Waals surface area contributed by atoms with Gasteiger partial charge in [0, 0.05) is 24.6 Å². The second kappa shape index (κ2) is 22.3. The van der Waals surface area contributed by atoms with Crippen molar-refractivity contribution in [2.24, 2.45) is 19.1 Å². The summed E-state index contributed by atoms with van der Waals surface area (Å²) < 4.78 is 62.0. The van der Waals surface area contributed by atoms with Crippen molar-refractivity contribution in [1.82, 2.24) is 57.9 Å². The molecule has 4 atom stereocenters. The summed E-state index contributed by atoms with van der Waals surface area (Å²) in [6.45, 7) is 0. The first kappa shape index (κ1) is 57.1. The van der Waals surface area contributed by atoms with E-state index in [2.05, 4.69) is 227 Å². The van der Waals surface area contributed by atoms with Crippen molar-refractivity contribution in [2.45, 2.75) is 48.3 Å². The molecule has 0 aromatic heterocycles. The molecule has 65 heavy (non-hydrogen) atoms. The number of hydrogen-bond donors (Lipinski definition) is 0. The summed E-state index contributed by atoms with van der Waals surface area (Å²) in [6, 6.07) is 0. The maximum absolute atomic E-state index is 7.31. The summed E-state index contributed by atoms with van der Waals surface area (Å²) in [5, 5.41) is 0. The van der Waals surface area contributed by atoms with Crippen LogP contribution in [-0.2, 0) is 18.1 Å². The maximum Gasteiger partial charge on any atom is 0.507 e. The normalized spacial score (nSPS) is 29.5. The van der Waals surface area contributed by atoms with Crippen LogP contribution in [0.4, 0.5) is 0 Å². The van der Waals surface area contributed by atoms with Gasteiger partial charge in [0.15, 0.2) is 55.8 Å². The number of likely N-dealkylation sites (N-methyl/N-ethyl adjacent to an activating group) is 8. The van der Waals surface area contributed by atoms with Crippen molar-refractivity contribution in [3.8, 4) is 0 Å². The molecular formula is C40H88N16O4P5+. The molecule has 376 valence electrons. The highest BCUT2D eigenvalue weighted by Gasteiger charge is 2.62. The molecule has 0 N–H and O–H groups in total. The minimum Gasteiger partial charge on any atom is -0.438 e. The van der Waals surface area contributed by atoms with Gasteiger partial charge in [0.2, 0.25) is 0 Å². The van der Waals surface area contributed by atoms with Gasteiger partial charge in [0.1, 0.15) is 0 Å². The summed E-state index contributed by atoms with van der Waals surface area (Å²) in [5.41, 5.74) is -3.12. The predicted molar refractivity (Wildman–Crippen MR) is 282 cm³/mol. The molecule has 4 aliphatic heterocycles. The van der Waals surface area contributed by atoms with Crippen LogP contribution in [0, 0.1) is 0 Å². The van der Waals surface area contributed by atoms with Crippen molar-refractivity contribution in [1.29, 1.82) is 0 Å². The van der Waals surface area contributed by atoms with Gasteiger partial charge >= 0.3 is 7.87 Å². The van der Waals surface area contributed by atoms with Crippen molar-refractivity contribution in [2.75, 3.05) is 194 Å². The molecule has 0 aromatic rings. The molecular weight excluding hydrogens is 923 g/mol. The molecule has 4 rings (SSSR count). The Morgan fingerprint density at radius 1 is 0.308 bits per heavy atom. The quantitative estimate of drug-likeness (QED) is 0.157. The van der Waals surface area contributed by atoms with E-state index in [4.69, 9.17) is 37.1 Å². The summed E-state index contributed by atoms with van der Waals surface area (Å²) >= 11 is 0. The molecule has 0 amide bonds. The lowest BCUT2D eigenvalue weighted by molar-refractivity contribution is 0.0462. The monoisotopic (exact) mass is 1010 g/mol. The molecule has 0 radical (unpaired) electrons. The van der Waals surface area contributed by atoms with E-state index in [9.17, 15) is 0 Å². The van der Waals surface area contributed by atoms with Gasteiger partial charge in [-0.2, -0.15) is 0 Å². The van der Waals surface area contributed by atoms with Gasteiger partial charge in [-0.05, 0) is 214 Å². The summed E-state index contributed by atoms with van der Waals surface area (Å²) in [4.78, 5) is 17.7. The van der Waals surface area contributed by atoms with Gasteiger partial charge in [-0.1, -0.05) is 0 Å². The summed E-state index contributed by atoms with van der Waals surface area (Å²) in [6.07, 6.45) is 6.36. The fraction of sp³-hybridized carbons (Fsp3) is 0.900. The van der Waals surface area contributed by atoms with E-state index >= 15 is 0 Å². The van der Waals surface area contributed by atoms with Gasteiger partial charge in [0.25, 0.3) is 23.6 Å². The topological polar surface area (TPSA) is 125 Å². The first-order valence-corrected chi connectivity index (χ1v) is 29.4. The molecule has 0 saturated carbocycles. The van der Waals surface area contributed by atoms with Gasteiger partial charge in [-0.15, -0.1) is 0 Å². The van der Waals surface area contributed by atoms with Crippen LogP contribution in [0.2, 0.25) is 0 Å². The van der Waals surface area contributed by atoms with E-state index < -0.39 is 63.7 Å². The third kappa shape index (κ3) is 11.1. The molecule has 20 nitrogen and oxygen atoms in total. The second-order valence-corrected chi connectivity index (χ2v) is 30.0. The Morgan fingerprint density at radius 3 is 0.585 bits per heavy atom. The number of nitrogens with zero attached hydrogens (tertiary/aromatic N) is 16. The lowest BCUT2D eigenvalue weighted by atomic mass is 10.0. The van der Waals surface area contributed by atoms with Crippen molar-refractivity contribution in [3.05, 3.63) is 0 Å². The highest BCUT2D eigenvalue weighted by molar-refractivity contribution is 7.71. The Morgan fingerprint density at radius 2 is 0.462 bits per heavy atom. The highest BCUT2D eigenvalue weighted by atomic mass is 31.2. The second-order valence-electron chi connectivity index (χ2n) is 19.6. The summed E-state index contributed by atoms with van der Waals surface area (Å²) in [5.74, 6) is 2.03. The van der Waals surface area contributed by atoms with E-state index in [1.54, 1.807) is 0 Å². The number of hydrogen-bond acceptors (Lipinski definition) is 20. The van der Waals surface area contributed by atoms with Crippen LogP contribution in [0.3, 0.4) is 0 Å². The highest BCUT2D eigenvalue weighted by Crippen LogP contribution is 2.71. The van der Waals surface area contributed by atoms with Crippen LogP contribution < -0.4 is 0 Å². The largest absolute Gasteiger partial charge is 0.507 e. The molecule has 4 aliphatic rings. The Bertz CT molecular complexity index is 1450. The smallest absolute Gasteiger partial charge is 0.438 e. The van der Waals surface area contributed by atoms with Gasteiger partial charge in [-0.3, -0.25) is 57.9 Å². The van der Waals surface area contributed by atoms with E-state index in [1.807, 2.05) is 0 Å². The zero-order valence-corrected chi connectivity index (χ0v) is 49.2. The van der Waals surface area contributed by atoms with Crippen LogP contribution in [0.5, 0.6) is 0 Å². The average Bonchev–Trinajstić information content (AvgIpc) is 3.19. The molecule has 0 spiro atoms. The van der Waals surface area contributed by atoms with Crippen molar-refractivity contribution < 1.29 is 18.1 Å². The van der Waals surface area contributed by atoms with Crippen LogP contribution >= 0.6 is 41.1 Å². The van der Waals surface area contributed by atoms with E-state index in [0.29, 0.717) is 23.6 Å². The molecule has 0 aromatic carbocycles. The first-order valence-electron chi connectivity index (χ1n) is 22.2. The Kier molecular flexibility index (Phi) is 19.6. The Hall–Kier alpha value is -0.450. The van der Waals surface area contributed by atoms with Crippen LogP contribution in [0.15, 0.2) is 19.1 Å². The Labute approximate surface area is 400 Å². The SMILES string of the molecule is CN(C)P1CCC(N(C)C)(N(C)C)C(=N[P+](N=C2OP(N(C)C)CCC2(N(C)C)N(C)C)(N=C2OP(N(C)C)CCC2(N(C)C)N(C)C)N=C2OP(N(C)C)CCC2(N(C)C)N(C)C)O1. The van der Waals surface area contributed by atoms with E-state index in [1.165, 1.54) is 0 Å². The van der Waals surface area contributed by atoms with Gasteiger partial charge < -0.3 is 18.1 Å². The minimum absolute atomic E-state index is 0.507. The van der Waals surface area contributed by atoms with Crippen LogP contribution in [0.25, 0.3) is 0 Å². The molecule has 0 bridgehead atoms. The molecule has 0 aliphatic carbocycles. The predicted octanol–water partition coefficient (Wildman–Crippen LogP) is 4.71. The van der Waals surface area contributed by atoms with Crippen molar-refractivity contribution in [3.63, 3.8) is 0 Å². The minimum atomic E-state index is -4.03. The fourth-order valence-electron chi connectivity index (χ4n) is 9.37. The third-order valence-electron chi connectivity index (χ3n) is 13.3. The number of rotatable bonds is 16. The lowest BCUT2D eigenvalue weighted by Crippen LogP contribution is -2.64. The van der Waals surface area contributed by atoms with E-state index in [-0.39, 0.29) is 0 Å². The molecule has 25 heteroatoms. The average molecular weight is 1010 g/mol. The van der Waals surface area contributed by atoms with Gasteiger partial charge in [-0.25, -0.2) is 0 Å². The zero-order chi connectivity index (χ0) is 49.4.